The van der Waals surface area contributed by atoms with Crippen LogP contribution in [0.1, 0.15) is 137 Å². The van der Waals surface area contributed by atoms with Gasteiger partial charge in [-0.15, -0.1) is 11.8 Å². The van der Waals surface area contributed by atoms with Crippen molar-refractivity contribution in [3.8, 4) is 0 Å². The molecule has 0 unspecified atom stereocenters. The normalized spacial score (nSPS) is 21.9. The van der Waals surface area contributed by atoms with Crippen LogP contribution >= 0.6 is 11.8 Å². The highest BCUT2D eigenvalue weighted by Gasteiger charge is 2.52. The van der Waals surface area contributed by atoms with Gasteiger partial charge in [-0.3, -0.25) is 19.2 Å². The average Bonchev–Trinajstić information content (AvgIpc) is 2.91. The van der Waals surface area contributed by atoms with E-state index in [9.17, 15) is 19.2 Å². The van der Waals surface area contributed by atoms with E-state index < -0.39 is 53.7 Å². The quantitative estimate of drug-likeness (QED) is 0.0671. The van der Waals surface area contributed by atoms with Gasteiger partial charge in [0.25, 0.3) is 0 Å². The Bertz CT molecular complexity index is 775. The molecule has 0 radical (unpaired) electrons. The molecule has 9 nitrogen and oxygen atoms in total. The summed E-state index contributed by atoms with van der Waals surface area (Å²) in [7, 11) is 0. The van der Waals surface area contributed by atoms with E-state index in [1.54, 1.807) is 0 Å². The standard InChI is InChI=1S/C32H56O9S/c1-6-7-8-9-10-11-12-13-14-15-16-17-18-19-20-21-22-42-32-31(40-27(5)36)30(39-26(4)35)29(38-25(3)34)28(41-32)23-37-24(2)33/h28-32H,6-23H2,1-5H3/t28-,29-,30+,31-,32+/m1/s1. The predicted molar refractivity (Wildman–Crippen MR) is 164 cm³/mol. The summed E-state index contributed by atoms with van der Waals surface area (Å²) in [6.45, 7) is 7.02. The zero-order chi connectivity index (χ0) is 31.2. The van der Waals surface area contributed by atoms with Gasteiger partial charge < -0.3 is 23.7 Å². The summed E-state index contributed by atoms with van der Waals surface area (Å²) < 4.78 is 27.7. The fourth-order valence-electron chi connectivity index (χ4n) is 5.17. The number of unbranched alkanes of at least 4 members (excludes halogenated alkanes) is 15. The van der Waals surface area contributed by atoms with Gasteiger partial charge in [0.05, 0.1) is 0 Å². The van der Waals surface area contributed by atoms with Crippen LogP contribution in [-0.4, -0.2) is 66.1 Å². The second-order valence-electron chi connectivity index (χ2n) is 11.2. The van der Waals surface area contributed by atoms with Gasteiger partial charge in [-0.25, -0.2) is 0 Å². The summed E-state index contributed by atoms with van der Waals surface area (Å²) >= 11 is 1.45. The zero-order valence-corrected chi connectivity index (χ0v) is 27.5. The van der Waals surface area contributed by atoms with E-state index in [0.29, 0.717) is 0 Å². The fourth-order valence-corrected chi connectivity index (χ4v) is 6.40. The summed E-state index contributed by atoms with van der Waals surface area (Å²) in [5, 5.41) is 0. The van der Waals surface area contributed by atoms with Crippen LogP contribution in [0.15, 0.2) is 0 Å². The Balaban J connectivity index is 2.46. The first-order chi connectivity index (χ1) is 20.1. The molecule has 0 spiro atoms. The molecule has 0 aliphatic carbocycles. The van der Waals surface area contributed by atoms with Gasteiger partial charge in [-0.2, -0.15) is 0 Å². The first-order valence-electron chi connectivity index (χ1n) is 16.1. The molecule has 0 aromatic rings. The van der Waals surface area contributed by atoms with Crippen molar-refractivity contribution in [1.82, 2.24) is 0 Å². The van der Waals surface area contributed by atoms with E-state index in [1.807, 2.05) is 0 Å². The van der Waals surface area contributed by atoms with E-state index in [1.165, 1.54) is 123 Å². The molecule has 5 atom stereocenters. The Hall–Kier alpha value is -1.81. The molecule has 1 fully saturated rings. The van der Waals surface area contributed by atoms with Crippen LogP contribution in [0.25, 0.3) is 0 Å². The number of hydrogen-bond acceptors (Lipinski definition) is 10. The van der Waals surface area contributed by atoms with Gasteiger partial charge in [-0.05, 0) is 12.2 Å². The highest BCUT2D eigenvalue weighted by molar-refractivity contribution is 7.99. The Morgan fingerprint density at radius 2 is 0.952 bits per heavy atom. The molecule has 0 aromatic heterocycles. The van der Waals surface area contributed by atoms with Crippen molar-refractivity contribution in [2.24, 2.45) is 0 Å². The fraction of sp³-hybridized carbons (Fsp3) is 0.875. The molecule has 0 aromatic carbocycles. The minimum Gasteiger partial charge on any atom is -0.463 e. The maximum absolute atomic E-state index is 11.9. The average molecular weight is 617 g/mol. The third-order valence-electron chi connectivity index (χ3n) is 7.23. The van der Waals surface area contributed by atoms with Gasteiger partial charge in [0.1, 0.15) is 18.1 Å². The lowest BCUT2D eigenvalue weighted by Gasteiger charge is -2.44. The number of rotatable bonds is 23. The first-order valence-corrected chi connectivity index (χ1v) is 17.1. The van der Waals surface area contributed by atoms with Crippen molar-refractivity contribution in [2.75, 3.05) is 12.4 Å². The first kappa shape index (κ1) is 38.2. The Labute approximate surface area is 257 Å². The van der Waals surface area contributed by atoms with Gasteiger partial charge >= 0.3 is 23.9 Å². The SMILES string of the molecule is CCCCCCCCCCCCCCCCCCS[C@@H]1O[C@H](COC(C)=O)[C@@H](OC(C)=O)[C@H](OC(C)=O)[C@H]1OC(C)=O. The Morgan fingerprint density at radius 1 is 0.548 bits per heavy atom. The topological polar surface area (TPSA) is 114 Å². The van der Waals surface area contributed by atoms with Crippen LogP contribution in [0.4, 0.5) is 0 Å². The van der Waals surface area contributed by atoms with Crippen LogP contribution in [0.5, 0.6) is 0 Å². The predicted octanol–water partition coefficient (Wildman–Crippen LogP) is 7.06. The third-order valence-corrected chi connectivity index (χ3v) is 8.46. The maximum atomic E-state index is 11.9. The number of hydrogen-bond donors (Lipinski definition) is 0. The minimum absolute atomic E-state index is 0.200. The summed E-state index contributed by atoms with van der Waals surface area (Å²) in [5.41, 5.74) is -0.693. The molecule has 0 amide bonds. The van der Waals surface area contributed by atoms with E-state index in [2.05, 4.69) is 6.92 Å². The number of carbonyl (C=O) groups excluding carboxylic acids is 4. The lowest BCUT2D eigenvalue weighted by atomic mass is 9.99. The summed E-state index contributed by atoms with van der Waals surface area (Å²) in [5.74, 6) is -1.61. The lowest BCUT2D eigenvalue weighted by Crippen LogP contribution is -2.61. The van der Waals surface area contributed by atoms with Crippen LogP contribution in [0.3, 0.4) is 0 Å². The molecular weight excluding hydrogens is 560 g/mol. The van der Waals surface area contributed by atoms with Crippen molar-refractivity contribution in [3.63, 3.8) is 0 Å². The second-order valence-corrected chi connectivity index (χ2v) is 12.4. The number of ether oxygens (including phenoxy) is 5. The van der Waals surface area contributed by atoms with E-state index in [4.69, 9.17) is 23.7 Å². The van der Waals surface area contributed by atoms with Gasteiger partial charge in [0, 0.05) is 27.7 Å². The molecule has 1 aliphatic rings. The van der Waals surface area contributed by atoms with Crippen LogP contribution in [-0.2, 0) is 42.9 Å². The van der Waals surface area contributed by atoms with Crippen molar-refractivity contribution < 1.29 is 42.9 Å². The molecule has 0 bridgehead atoms. The largest absolute Gasteiger partial charge is 0.463 e. The van der Waals surface area contributed by atoms with Crippen LogP contribution < -0.4 is 0 Å². The maximum Gasteiger partial charge on any atom is 0.303 e. The van der Waals surface area contributed by atoms with E-state index in [-0.39, 0.29) is 6.61 Å². The van der Waals surface area contributed by atoms with Crippen LogP contribution in [0, 0.1) is 0 Å². The molecule has 1 saturated heterocycles. The number of thioether (sulfide) groups is 1. The van der Waals surface area contributed by atoms with Crippen molar-refractivity contribution in [2.45, 2.75) is 167 Å². The van der Waals surface area contributed by atoms with Gasteiger partial charge in [0.15, 0.2) is 18.3 Å². The Kier molecular flexibility index (Phi) is 21.5. The van der Waals surface area contributed by atoms with Crippen molar-refractivity contribution in [3.05, 3.63) is 0 Å². The lowest BCUT2D eigenvalue weighted by molar-refractivity contribution is -0.237. The monoisotopic (exact) mass is 616 g/mol. The molecule has 1 rings (SSSR count). The van der Waals surface area contributed by atoms with Crippen molar-refractivity contribution >= 4 is 35.6 Å². The minimum atomic E-state index is -1.11. The molecule has 42 heavy (non-hydrogen) atoms. The summed E-state index contributed by atoms with van der Waals surface area (Å²) in [4.78, 5) is 47.2. The summed E-state index contributed by atoms with van der Waals surface area (Å²) in [6, 6.07) is 0. The number of carbonyl (C=O) groups is 4. The highest BCUT2D eigenvalue weighted by atomic mass is 32.2. The number of esters is 4. The summed E-state index contributed by atoms with van der Waals surface area (Å²) in [6.07, 6.45) is 16.6. The molecule has 10 heteroatoms. The molecule has 0 N–H and O–H groups in total. The third kappa shape index (κ3) is 18.0. The molecule has 1 aliphatic heterocycles. The van der Waals surface area contributed by atoms with E-state index in [0.717, 1.165) is 25.0 Å². The molecule has 244 valence electrons. The van der Waals surface area contributed by atoms with Gasteiger partial charge in [-0.1, -0.05) is 103 Å². The zero-order valence-electron chi connectivity index (χ0n) is 26.7. The smallest absolute Gasteiger partial charge is 0.303 e. The molecular formula is C32H56O9S. The molecule has 1 heterocycles. The molecule has 0 saturated carbocycles. The second kappa shape index (κ2) is 23.6. The Morgan fingerprint density at radius 3 is 1.38 bits per heavy atom. The van der Waals surface area contributed by atoms with Crippen molar-refractivity contribution in [1.29, 1.82) is 0 Å². The van der Waals surface area contributed by atoms with Crippen LogP contribution in [0.2, 0.25) is 0 Å². The highest BCUT2D eigenvalue weighted by Crippen LogP contribution is 2.35. The van der Waals surface area contributed by atoms with E-state index >= 15 is 0 Å². The van der Waals surface area contributed by atoms with Gasteiger partial charge in [0.2, 0.25) is 0 Å².